The van der Waals surface area contributed by atoms with E-state index in [9.17, 15) is 9.59 Å². The highest BCUT2D eigenvalue weighted by molar-refractivity contribution is 6.31. The van der Waals surface area contributed by atoms with Crippen LogP contribution in [0.15, 0.2) is 72.8 Å². The van der Waals surface area contributed by atoms with Gasteiger partial charge in [-0.25, -0.2) is 9.59 Å². The van der Waals surface area contributed by atoms with E-state index in [1.54, 1.807) is 24.3 Å². The van der Waals surface area contributed by atoms with Crippen LogP contribution in [0.3, 0.4) is 0 Å². The van der Waals surface area contributed by atoms with Gasteiger partial charge in [-0.2, -0.15) is 0 Å². The molecule has 3 aromatic carbocycles. The predicted molar refractivity (Wildman–Crippen MR) is 119 cm³/mol. The number of hydrogen-bond donors (Lipinski definition) is 3. The van der Waals surface area contributed by atoms with Gasteiger partial charge in [0.1, 0.15) is 0 Å². The number of methoxy groups -OCH3 is 1. The van der Waals surface area contributed by atoms with E-state index >= 15 is 0 Å². The molecule has 6 nitrogen and oxygen atoms in total. The van der Waals surface area contributed by atoms with Gasteiger partial charge in [0.25, 0.3) is 0 Å². The number of anilines is 2. The number of aromatic amines is 1. The maximum atomic E-state index is 12.2. The van der Waals surface area contributed by atoms with E-state index in [2.05, 4.69) is 20.4 Å². The Labute approximate surface area is 177 Å². The van der Waals surface area contributed by atoms with Crippen molar-refractivity contribution in [3.8, 4) is 11.3 Å². The summed E-state index contributed by atoms with van der Waals surface area (Å²) in [7, 11) is 1.32. The van der Waals surface area contributed by atoms with Crippen molar-refractivity contribution in [2.75, 3.05) is 17.7 Å². The standard InChI is InChI=1S/C23H18ClN3O3/c1-30-22(28)15-4-9-19(10-5-15)26-23(29)25-18-7-2-14(3-8-18)21-13-16-12-17(24)6-11-20(16)27-21/h2-13,27H,1H3,(H2,25,26,29). The zero-order chi connectivity index (χ0) is 21.1. The Balaban J connectivity index is 1.41. The maximum absolute atomic E-state index is 12.2. The third-order valence-corrected chi connectivity index (χ3v) is 4.84. The monoisotopic (exact) mass is 419 g/mol. The van der Waals surface area contributed by atoms with E-state index in [0.29, 0.717) is 22.0 Å². The summed E-state index contributed by atoms with van der Waals surface area (Å²) in [5.74, 6) is -0.427. The van der Waals surface area contributed by atoms with Gasteiger partial charge in [0, 0.05) is 33.0 Å². The van der Waals surface area contributed by atoms with Crippen LogP contribution in [-0.2, 0) is 4.74 Å². The summed E-state index contributed by atoms with van der Waals surface area (Å²) in [5.41, 5.74) is 4.60. The molecule has 30 heavy (non-hydrogen) atoms. The first-order valence-electron chi connectivity index (χ1n) is 9.17. The van der Waals surface area contributed by atoms with E-state index in [1.165, 1.54) is 7.11 Å². The number of fused-ring (bicyclic) bond motifs is 1. The third-order valence-electron chi connectivity index (χ3n) is 4.60. The van der Waals surface area contributed by atoms with Gasteiger partial charge in [-0.3, -0.25) is 0 Å². The number of hydrogen-bond acceptors (Lipinski definition) is 3. The van der Waals surface area contributed by atoms with Gasteiger partial charge in [0.05, 0.1) is 12.7 Å². The second-order valence-electron chi connectivity index (χ2n) is 6.64. The third kappa shape index (κ3) is 4.29. The Hall–Kier alpha value is -3.77. The number of benzene rings is 3. The Kier molecular flexibility index (Phi) is 5.41. The molecule has 0 aliphatic heterocycles. The first-order chi connectivity index (χ1) is 14.5. The Morgan fingerprint density at radius 2 is 1.50 bits per heavy atom. The van der Waals surface area contributed by atoms with Gasteiger partial charge in [-0.05, 0) is 66.2 Å². The first kappa shape index (κ1) is 19.5. The van der Waals surface area contributed by atoms with Crippen LogP contribution in [-0.4, -0.2) is 24.1 Å². The number of halogens is 1. The normalized spacial score (nSPS) is 10.6. The number of amides is 2. The Morgan fingerprint density at radius 3 is 2.13 bits per heavy atom. The molecule has 0 aliphatic carbocycles. The summed E-state index contributed by atoms with van der Waals surface area (Å²) in [4.78, 5) is 27.0. The fraction of sp³-hybridized carbons (Fsp3) is 0.0435. The molecule has 0 atom stereocenters. The van der Waals surface area contributed by atoms with Gasteiger partial charge in [0.2, 0.25) is 0 Å². The van der Waals surface area contributed by atoms with Crippen molar-refractivity contribution in [3.63, 3.8) is 0 Å². The molecule has 4 aromatic rings. The minimum absolute atomic E-state index is 0.381. The van der Waals surface area contributed by atoms with Crippen LogP contribution < -0.4 is 10.6 Å². The zero-order valence-electron chi connectivity index (χ0n) is 16.0. The molecule has 0 spiro atoms. The highest BCUT2D eigenvalue weighted by atomic mass is 35.5. The lowest BCUT2D eigenvalue weighted by Crippen LogP contribution is -2.19. The van der Waals surface area contributed by atoms with Crippen LogP contribution >= 0.6 is 11.6 Å². The highest BCUT2D eigenvalue weighted by Crippen LogP contribution is 2.27. The number of nitrogens with one attached hydrogen (secondary N) is 3. The molecular weight excluding hydrogens is 402 g/mol. The molecule has 0 fully saturated rings. The summed E-state index contributed by atoms with van der Waals surface area (Å²) in [6, 6.07) is 21.3. The molecule has 4 rings (SSSR count). The number of H-pyrrole nitrogens is 1. The van der Waals surface area contributed by atoms with Crippen LogP contribution in [0.1, 0.15) is 10.4 Å². The lowest BCUT2D eigenvalue weighted by atomic mass is 10.1. The Bertz CT molecular complexity index is 1210. The summed E-state index contributed by atoms with van der Waals surface area (Å²) >= 11 is 6.05. The molecule has 0 aliphatic rings. The highest BCUT2D eigenvalue weighted by Gasteiger charge is 2.08. The number of carbonyl (C=O) groups is 2. The summed E-state index contributed by atoms with van der Waals surface area (Å²) in [5, 5.41) is 7.24. The molecular formula is C23H18ClN3O3. The average Bonchev–Trinajstić information content (AvgIpc) is 3.17. The summed E-state index contributed by atoms with van der Waals surface area (Å²) in [6.45, 7) is 0. The van der Waals surface area contributed by atoms with Gasteiger partial charge in [0.15, 0.2) is 0 Å². The lowest BCUT2D eigenvalue weighted by molar-refractivity contribution is 0.0600. The number of urea groups is 1. The topological polar surface area (TPSA) is 83.2 Å². The average molecular weight is 420 g/mol. The molecule has 0 unspecified atom stereocenters. The smallest absolute Gasteiger partial charge is 0.337 e. The van der Waals surface area contributed by atoms with E-state index in [1.807, 2.05) is 48.5 Å². The molecule has 0 saturated heterocycles. The second-order valence-corrected chi connectivity index (χ2v) is 7.08. The molecule has 1 aromatic heterocycles. The lowest BCUT2D eigenvalue weighted by Gasteiger charge is -2.09. The maximum Gasteiger partial charge on any atom is 0.337 e. The molecule has 0 saturated carbocycles. The molecule has 7 heteroatoms. The fourth-order valence-corrected chi connectivity index (χ4v) is 3.27. The van der Waals surface area contributed by atoms with Crippen LogP contribution in [0.4, 0.5) is 16.2 Å². The summed E-state index contributed by atoms with van der Waals surface area (Å²) < 4.78 is 4.65. The van der Waals surface area contributed by atoms with Crippen molar-refractivity contribution in [2.45, 2.75) is 0 Å². The van der Waals surface area contributed by atoms with Crippen molar-refractivity contribution in [3.05, 3.63) is 83.4 Å². The minimum atomic E-state index is -0.427. The SMILES string of the molecule is COC(=O)c1ccc(NC(=O)Nc2ccc(-c3cc4cc(Cl)ccc4[nH]3)cc2)cc1. The zero-order valence-corrected chi connectivity index (χ0v) is 16.8. The van der Waals surface area contributed by atoms with Crippen molar-refractivity contribution >= 4 is 45.9 Å². The fourth-order valence-electron chi connectivity index (χ4n) is 3.09. The Morgan fingerprint density at radius 1 is 0.867 bits per heavy atom. The predicted octanol–water partition coefficient (Wildman–Crippen LogP) is 5.92. The molecule has 3 N–H and O–H groups in total. The van der Waals surface area contributed by atoms with Crippen LogP contribution in [0.5, 0.6) is 0 Å². The summed E-state index contributed by atoms with van der Waals surface area (Å²) in [6.07, 6.45) is 0. The molecule has 0 radical (unpaired) electrons. The number of ether oxygens (including phenoxy) is 1. The number of rotatable bonds is 4. The van der Waals surface area contributed by atoms with Crippen LogP contribution in [0.2, 0.25) is 5.02 Å². The number of carbonyl (C=O) groups excluding carboxylic acids is 2. The molecule has 1 heterocycles. The van der Waals surface area contributed by atoms with Crippen molar-refractivity contribution in [2.24, 2.45) is 0 Å². The van der Waals surface area contributed by atoms with E-state index in [-0.39, 0.29) is 6.03 Å². The van der Waals surface area contributed by atoms with E-state index in [4.69, 9.17) is 11.6 Å². The molecule has 2 amide bonds. The van der Waals surface area contributed by atoms with Crippen LogP contribution in [0, 0.1) is 0 Å². The second kappa shape index (κ2) is 8.31. The van der Waals surface area contributed by atoms with E-state index < -0.39 is 5.97 Å². The van der Waals surface area contributed by atoms with E-state index in [0.717, 1.165) is 22.2 Å². The molecule has 0 bridgehead atoms. The number of esters is 1. The van der Waals surface area contributed by atoms with Gasteiger partial charge in [-0.1, -0.05) is 23.7 Å². The van der Waals surface area contributed by atoms with Crippen molar-refractivity contribution in [1.82, 2.24) is 4.98 Å². The first-order valence-corrected chi connectivity index (χ1v) is 9.55. The van der Waals surface area contributed by atoms with Gasteiger partial charge < -0.3 is 20.4 Å². The number of aromatic nitrogens is 1. The van der Waals surface area contributed by atoms with Gasteiger partial charge >= 0.3 is 12.0 Å². The minimum Gasteiger partial charge on any atom is -0.465 e. The van der Waals surface area contributed by atoms with Crippen LogP contribution in [0.25, 0.3) is 22.2 Å². The van der Waals surface area contributed by atoms with Gasteiger partial charge in [-0.15, -0.1) is 0 Å². The van der Waals surface area contributed by atoms with Crippen molar-refractivity contribution < 1.29 is 14.3 Å². The quantitative estimate of drug-likeness (QED) is 0.359. The van der Waals surface area contributed by atoms with Crippen molar-refractivity contribution in [1.29, 1.82) is 0 Å². The molecule has 150 valence electrons. The largest absolute Gasteiger partial charge is 0.465 e.